The van der Waals surface area contributed by atoms with E-state index < -0.39 is 16.5 Å². The monoisotopic (exact) mass is 287 g/mol. The van der Waals surface area contributed by atoms with Gasteiger partial charge in [0.15, 0.2) is 11.6 Å². The van der Waals surface area contributed by atoms with Crippen LogP contribution < -0.4 is 5.32 Å². The van der Waals surface area contributed by atoms with Gasteiger partial charge >= 0.3 is 0 Å². The summed E-state index contributed by atoms with van der Waals surface area (Å²) in [6.07, 6.45) is 0. The van der Waals surface area contributed by atoms with Gasteiger partial charge in [0.25, 0.3) is 5.69 Å². The number of phenolic OH excluding ortho intramolecular Hbond substituents is 1. The Hall–Kier alpha value is -3.14. The molecule has 0 unspecified atom stereocenters. The third-order valence-corrected chi connectivity index (χ3v) is 2.87. The van der Waals surface area contributed by atoms with Gasteiger partial charge in [-0.2, -0.15) is 5.26 Å². The van der Waals surface area contributed by atoms with E-state index in [0.717, 1.165) is 12.1 Å². The maximum atomic E-state index is 13.2. The zero-order valence-electron chi connectivity index (χ0n) is 10.7. The molecule has 0 heterocycles. The van der Waals surface area contributed by atoms with Crippen LogP contribution in [0.5, 0.6) is 5.75 Å². The van der Waals surface area contributed by atoms with E-state index in [1.165, 1.54) is 24.3 Å². The third kappa shape index (κ3) is 3.06. The number of anilines is 1. The number of nitro groups is 1. The smallest absolute Gasteiger partial charge is 0.270 e. The van der Waals surface area contributed by atoms with Gasteiger partial charge in [0.1, 0.15) is 6.07 Å². The molecule has 0 spiro atoms. The van der Waals surface area contributed by atoms with E-state index in [1.54, 1.807) is 0 Å². The van der Waals surface area contributed by atoms with Gasteiger partial charge in [0.2, 0.25) is 0 Å². The van der Waals surface area contributed by atoms with Crippen molar-refractivity contribution in [2.24, 2.45) is 0 Å². The molecule has 0 aliphatic heterocycles. The van der Waals surface area contributed by atoms with Gasteiger partial charge in [0, 0.05) is 24.2 Å². The van der Waals surface area contributed by atoms with E-state index in [4.69, 9.17) is 5.26 Å². The summed E-state index contributed by atoms with van der Waals surface area (Å²) >= 11 is 0. The predicted octanol–water partition coefficient (Wildman–Crippen LogP) is 2.92. The van der Waals surface area contributed by atoms with Crippen LogP contribution >= 0.6 is 0 Å². The quantitative estimate of drug-likeness (QED) is 0.665. The van der Waals surface area contributed by atoms with Crippen molar-refractivity contribution >= 4 is 11.4 Å². The van der Waals surface area contributed by atoms with E-state index in [-0.39, 0.29) is 17.8 Å². The summed E-state index contributed by atoms with van der Waals surface area (Å²) in [5.41, 5.74) is 0.592. The van der Waals surface area contributed by atoms with Crippen LogP contribution in [-0.4, -0.2) is 10.0 Å². The van der Waals surface area contributed by atoms with Crippen molar-refractivity contribution in [3.05, 3.63) is 63.5 Å². The highest BCUT2D eigenvalue weighted by Crippen LogP contribution is 2.25. The van der Waals surface area contributed by atoms with Gasteiger partial charge in [-0.3, -0.25) is 10.1 Å². The average molecular weight is 287 g/mol. The molecule has 2 N–H and O–H groups in total. The molecule has 0 fully saturated rings. The topological polar surface area (TPSA) is 99.2 Å². The summed E-state index contributed by atoms with van der Waals surface area (Å²) in [4.78, 5) is 10.0. The fourth-order valence-electron chi connectivity index (χ4n) is 1.79. The molecule has 2 rings (SSSR count). The molecule has 0 amide bonds. The average Bonchev–Trinajstić information content (AvgIpc) is 2.48. The number of rotatable bonds is 4. The van der Waals surface area contributed by atoms with Crippen LogP contribution in [0.4, 0.5) is 15.8 Å². The highest BCUT2D eigenvalue weighted by Gasteiger charge is 2.11. The van der Waals surface area contributed by atoms with Crippen molar-refractivity contribution in [3.8, 4) is 11.8 Å². The summed E-state index contributed by atoms with van der Waals surface area (Å²) < 4.78 is 13.2. The minimum Gasteiger partial charge on any atom is -0.505 e. The van der Waals surface area contributed by atoms with Crippen molar-refractivity contribution < 1.29 is 14.4 Å². The molecule has 7 heteroatoms. The van der Waals surface area contributed by atoms with Crippen LogP contribution in [0.15, 0.2) is 36.4 Å². The number of non-ortho nitro benzene ring substituents is 1. The Bertz CT molecular complexity index is 741. The maximum absolute atomic E-state index is 13.2. The molecule has 0 aliphatic rings. The summed E-state index contributed by atoms with van der Waals surface area (Å²) in [7, 11) is 0. The van der Waals surface area contributed by atoms with Gasteiger partial charge in [-0.05, 0) is 12.1 Å². The molecular formula is C14H10FN3O3. The molecule has 0 aliphatic carbocycles. The van der Waals surface area contributed by atoms with Crippen LogP contribution in [0.25, 0.3) is 0 Å². The molecular weight excluding hydrogens is 277 g/mol. The second-order valence-corrected chi connectivity index (χ2v) is 4.20. The molecule has 0 atom stereocenters. The lowest BCUT2D eigenvalue weighted by molar-refractivity contribution is -0.384. The molecule has 21 heavy (non-hydrogen) atoms. The Balaban J connectivity index is 2.22. The number of halogens is 1. The summed E-state index contributed by atoms with van der Waals surface area (Å²) in [5.74, 6) is -1.20. The standard InChI is InChI=1S/C14H10FN3O3/c15-12-3-1-2-9(14(12)19)8-17-13-5-4-11(18(20)21)6-10(13)7-16/h1-6,17,19H,8H2. The highest BCUT2D eigenvalue weighted by molar-refractivity contribution is 5.61. The Morgan fingerprint density at radius 2 is 2.14 bits per heavy atom. The van der Waals surface area contributed by atoms with Crippen LogP contribution in [0, 0.1) is 27.3 Å². The minimum absolute atomic E-state index is 0.0794. The number of benzene rings is 2. The molecule has 0 saturated heterocycles. The largest absolute Gasteiger partial charge is 0.505 e. The first-order valence-corrected chi connectivity index (χ1v) is 5.91. The first-order valence-electron chi connectivity index (χ1n) is 5.91. The number of para-hydroxylation sites is 1. The predicted molar refractivity (Wildman–Crippen MR) is 73.2 cm³/mol. The fourth-order valence-corrected chi connectivity index (χ4v) is 1.79. The van der Waals surface area contributed by atoms with E-state index in [0.29, 0.717) is 11.3 Å². The van der Waals surface area contributed by atoms with Crippen molar-refractivity contribution in [1.82, 2.24) is 0 Å². The number of aromatic hydroxyl groups is 1. The highest BCUT2D eigenvalue weighted by atomic mass is 19.1. The molecule has 0 bridgehead atoms. The van der Waals surface area contributed by atoms with E-state index in [2.05, 4.69) is 5.32 Å². The number of hydrogen-bond acceptors (Lipinski definition) is 5. The zero-order chi connectivity index (χ0) is 15.4. The molecule has 6 nitrogen and oxygen atoms in total. The number of phenols is 1. The van der Waals surface area contributed by atoms with Crippen LogP contribution in [-0.2, 0) is 6.54 Å². The molecule has 106 valence electrons. The van der Waals surface area contributed by atoms with Crippen molar-refractivity contribution in [2.75, 3.05) is 5.32 Å². The summed E-state index contributed by atoms with van der Waals surface area (Å²) in [5, 5.41) is 32.0. The summed E-state index contributed by atoms with van der Waals surface area (Å²) in [6, 6.07) is 9.76. The lowest BCUT2D eigenvalue weighted by Gasteiger charge is -2.09. The summed E-state index contributed by atoms with van der Waals surface area (Å²) in [6.45, 7) is 0.0794. The van der Waals surface area contributed by atoms with Gasteiger partial charge in [-0.15, -0.1) is 0 Å². The number of hydrogen-bond donors (Lipinski definition) is 2. The molecule has 0 saturated carbocycles. The normalized spacial score (nSPS) is 9.90. The molecule has 2 aromatic carbocycles. The number of nitrogens with one attached hydrogen (secondary N) is 1. The lowest BCUT2D eigenvalue weighted by Crippen LogP contribution is -2.02. The number of nitrogens with zero attached hydrogens (tertiary/aromatic N) is 2. The molecule has 2 aromatic rings. The molecule has 0 radical (unpaired) electrons. The first-order chi connectivity index (χ1) is 10.0. The minimum atomic E-state index is -0.737. The van der Waals surface area contributed by atoms with Crippen molar-refractivity contribution in [3.63, 3.8) is 0 Å². The van der Waals surface area contributed by atoms with Crippen LogP contribution in [0.3, 0.4) is 0 Å². The van der Waals surface area contributed by atoms with E-state index >= 15 is 0 Å². The van der Waals surface area contributed by atoms with Gasteiger partial charge < -0.3 is 10.4 Å². The zero-order valence-corrected chi connectivity index (χ0v) is 10.7. The second-order valence-electron chi connectivity index (χ2n) is 4.20. The third-order valence-electron chi connectivity index (χ3n) is 2.87. The van der Waals surface area contributed by atoms with Crippen molar-refractivity contribution in [1.29, 1.82) is 5.26 Å². The first kappa shape index (κ1) is 14.3. The van der Waals surface area contributed by atoms with E-state index in [1.807, 2.05) is 6.07 Å². The van der Waals surface area contributed by atoms with Crippen molar-refractivity contribution in [2.45, 2.75) is 6.54 Å². The Kier molecular flexibility index (Phi) is 4.00. The lowest BCUT2D eigenvalue weighted by atomic mass is 10.1. The Morgan fingerprint density at radius 1 is 1.38 bits per heavy atom. The second kappa shape index (κ2) is 5.88. The molecule has 0 aromatic heterocycles. The van der Waals surface area contributed by atoms with E-state index in [9.17, 15) is 19.6 Å². The SMILES string of the molecule is N#Cc1cc([N+](=O)[O-])ccc1NCc1cccc(F)c1O. The fraction of sp³-hybridized carbons (Fsp3) is 0.0714. The number of nitro benzene ring substituents is 1. The van der Waals surface area contributed by atoms with Gasteiger partial charge in [0.05, 0.1) is 16.2 Å². The Labute approximate surface area is 119 Å². The van der Waals surface area contributed by atoms with Gasteiger partial charge in [-0.25, -0.2) is 4.39 Å². The number of nitriles is 1. The van der Waals surface area contributed by atoms with Gasteiger partial charge in [-0.1, -0.05) is 12.1 Å². The van der Waals surface area contributed by atoms with Crippen LogP contribution in [0.2, 0.25) is 0 Å². The van der Waals surface area contributed by atoms with Crippen LogP contribution in [0.1, 0.15) is 11.1 Å². The Morgan fingerprint density at radius 3 is 2.81 bits per heavy atom. The maximum Gasteiger partial charge on any atom is 0.270 e.